The van der Waals surface area contributed by atoms with Crippen LogP contribution >= 0.6 is 0 Å². The molecular formula is C12H17F3N2O2. The number of anilines is 1. The highest BCUT2D eigenvalue weighted by atomic mass is 19.4. The number of rotatable bonds is 5. The monoisotopic (exact) mass is 278 g/mol. The average molecular weight is 278 g/mol. The molecule has 1 rings (SSSR count). The maximum Gasteiger partial charge on any atom is 0.416 e. The van der Waals surface area contributed by atoms with Gasteiger partial charge >= 0.3 is 6.18 Å². The van der Waals surface area contributed by atoms with E-state index in [1.165, 1.54) is 6.07 Å². The SMILES string of the molecule is CNCCC(O)C(O)c1cc(N)cc(C(F)(F)F)c1. The molecule has 2 unspecified atom stereocenters. The van der Waals surface area contributed by atoms with Crippen LogP contribution < -0.4 is 11.1 Å². The molecule has 0 aliphatic heterocycles. The number of halogens is 3. The van der Waals surface area contributed by atoms with Crippen LogP contribution in [0.3, 0.4) is 0 Å². The van der Waals surface area contributed by atoms with Crippen molar-refractivity contribution < 1.29 is 23.4 Å². The van der Waals surface area contributed by atoms with Crippen LogP contribution in [0, 0.1) is 0 Å². The van der Waals surface area contributed by atoms with E-state index in [4.69, 9.17) is 5.73 Å². The first-order valence-electron chi connectivity index (χ1n) is 5.74. The second-order valence-electron chi connectivity index (χ2n) is 4.29. The topological polar surface area (TPSA) is 78.5 Å². The van der Waals surface area contributed by atoms with Crippen molar-refractivity contribution >= 4 is 5.69 Å². The molecular weight excluding hydrogens is 261 g/mol. The van der Waals surface area contributed by atoms with Crippen molar-refractivity contribution in [1.82, 2.24) is 5.32 Å². The second kappa shape index (κ2) is 6.23. The summed E-state index contributed by atoms with van der Waals surface area (Å²) in [5.41, 5.74) is 4.29. The Morgan fingerprint density at radius 3 is 2.42 bits per heavy atom. The van der Waals surface area contributed by atoms with Crippen LogP contribution in [0.15, 0.2) is 18.2 Å². The number of nitrogens with one attached hydrogen (secondary N) is 1. The summed E-state index contributed by atoms with van der Waals surface area (Å²) in [5.74, 6) is 0. The number of aliphatic hydroxyl groups excluding tert-OH is 2. The van der Waals surface area contributed by atoms with Crippen LogP contribution in [0.25, 0.3) is 0 Å². The van der Waals surface area contributed by atoms with Gasteiger partial charge in [0.2, 0.25) is 0 Å². The van der Waals surface area contributed by atoms with Crippen LogP contribution in [0.5, 0.6) is 0 Å². The lowest BCUT2D eigenvalue weighted by Gasteiger charge is -2.19. The highest BCUT2D eigenvalue weighted by Crippen LogP contribution is 2.33. The second-order valence-corrected chi connectivity index (χ2v) is 4.29. The van der Waals surface area contributed by atoms with E-state index < -0.39 is 23.9 Å². The standard InChI is InChI=1S/C12H17F3N2O2/c1-17-3-2-10(18)11(19)7-4-8(12(13,14)15)6-9(16)5-7/h4-6,10-11,17-19H,2-3,16H2,1H3. The first kappa shape index (κ1) is 15.7. The van der Waals surface area contributed by atoms with Gasteiger partial charge in [-0.05, 0) is 43.8 Å². The molecule has 108 valence electrons. The van der Waals surface area contributed by atoms with Crippen molar-refractivity contribution in [3.05, 3.63) is 29.3 Å². The lowest BCUT2D eigenvalue weighted by molar-refractivity contribution is -0.137. The van der Waals surface area contributed by atoms with Crippen LogP contribution in [0.2, 0.25) is 0 Å². The van der Waals surface area contributed by atoms with Gasteiger partial charge in [0.1, 0.15) is 6.10 Å². The minimum absolute atomic E-state index is 0.0454. The number of aliphatic hydroxyl groups is 2. The first-order chi connectivity index (χ1) is 8.75. The van der Waals surface area contributed by atoms with Crippen molar-refractivity contribution in [2.24, 2.45) is 0 Å². The molecule has 4 nitrogen and oxygen atoms in total. The van der Waals surface area contributed by atoms with Crippen molar-refractivity contribution in [3.63, 3.8) is 0 Å². The highest BCUT2D eigenvalue weighted by Gasteiger charge is 2.32. The molecule has 0 amide bonds. The lowest BCUT2D eigenvalue weighted by Crippen LogP contribution is -2.23. The van der Waals surface area contributed by atoms with Crippen LogP contribution in [0.1, 0.15) is 23.7 Å². The predicted molar refractivity (Wildman–Crippen MR) is 65.4 cm³/mol. The molecule has 0 spiro atoms. The van der Waals surface area contributed by atoms with Crippen molar-refractivity contribution in [2.45, 2.75) is 24.8 Å². The zero-order valence-corrected chi connectivity index (χ0v) is 10.4. The van der Waals surface area contributed by atoms with Crippen LogP contribution in [-0.4, -0.2) is 29.9 Å². The summed E-state index contributed by atoms with van der Waals surface area (Å²) in [6, 6.07) is 2.81. The molecule has 1 aromatic rings. The van der Waals surface area contributed by atoms with E-state index in [1.807, 2.05) is 0 Å². The fourth-order valence-electron chi connectivity index (χ4n) is 1.68. The number of hydrogen-bond acceptors (Lipinski definition) is 4. The van der Waals surface area contributed by atoms with Crippen molar-refractivity contribution in [1.29, 1.82) is 0 Å². The van der Waals surface area contributed by atoms with E-state index in [2.05, 4.69) is 5.32 Å². The van der Waals surface area contributed by atoms with E-state index >= 15 is 0 Å². The van der Waals surface area contributed by atoms with Crippen molar-refractivity contribution in [3.8, 4) is 0 Å². The minimum atomic E-state index is -4.54. The van der Waals surface area contributed by atoms with Gasteiger partial charge in [-0.25, -0.2) is 0 Å². The van der Waals surface area contributed by atoms with Crippen LogP contribution in [-0.2, 0) is 6.18 Å². The van der Waals surface area contributed by atoms with Gasteiger partial charge in [-0.2, -0.15) is 13.2 Å². The average Bonchev–Trinajstić information content (AvgIpc) is 2.33. The van der Waals surface area contributed by atoms with E-state index in [0.29, 0.717) is 6.54 Å². The number of nitrogen functional groups attached to an aromatic ring is 1. The first-order valence-corrected chi connectivity index (χ1v) is 5.74. The molecule has 0 radical (unpaired) electrons. The number of alkyl halides is 3. The van der Waals surface area contributed by atoms with E-state index in [0.717, 1.165) is 12.1 Å². The molecule has 5 N–H and O–H groups in total. The van der Waals surface area contributed by atoms with Gasteiger partial charge in [0.25, 0.3) is 0 Å². The summed E-state index contributed by atoms with van der Waals surface area (Å²) in [4.78, 5) is 0. The number of hydrogen-bond donors (Lipinski definition) is 4. The summed E-state index contributed by atoms with van der Waals surface area (Å²) in [6.07, 6.45) is -6.89. The lowest BCUT2D eigenvalue weighted by atomic mass is 9.99. The summed E-state index contributed by atoms with van der Waals surface area (Å²) in [5, 5.41) is 22.3. The summed E-state index contributed by atoms with van der Waals surface area (Å²) in [6.45, 7) is 0.437. The Kier molecular flexibility index (Phi) is 5.16. The van der Waals surface area contributed by atoms with Gasteiger partial charge in [-0.1, -0.05) is 0 Å². The molecule has 0 aliphatic rings. The molecule has 19 heavy (non-hydrogen) atoms. The predicted octanol–water partition coefficient (Wildman–Crippen LogP) is 1.29. The van der Waals surface area contributed by atoms with Crippen LogP contribution in [0.4, 0.5) is 18.9 Å². The largest absolute Gasteiger partial charge is 0.416 e. The molecule has 0 aromatic heterocycles. The molecule has 2 atom stereocenters. The molecule has 0 bridgehead atoms. The Hall–Kier alpha value is -1.31. The summed E-state index contributed by atoms with van der Waals surface area (Å²) >= 11 is 0. The number of benzene rings is 1. The normalized spacial score (nSPS) is 15.3. The van der Waals surface area contributed by atoms with Gasteiger partial charge in [0.05, 0.1) is 11.7 Å². The van der Waals surface area contributed by atoms with E-state index in [1.54, 1.807) is 7.05 Å². The number of nitrogens with two attached hydrogens (primary N) is 1. The molecule has 0 aliphatic carbocycles. The van der Waals surface area contributed by atoms with Gasteiger partial charge in [0.15, 0.2) is 0 Å². The third-order valence-corrected chi connectivity index (χ3v) is 2.70. The third kappa shape index (κ3) is 4.38. The maximum atomic E-state index is 12.6. The Bertz CT molecular complexity index is 424. The minimum Gasteiger partial charge on any atom is -0.399 e. The molecule has 0 heterocycles. The van der Waals surface area contributed by atoms with E-state index in [9.17, 15) is 23.4 Å². The summed E-state index contributed by atoms with van der Waals surface area (Å²) in [7, 11) is 1.67. The van der Waals surface area contributed by atoms with Gasteiger partial charge in [-0.15, -0.1) is 0 Å². The molecule has 0 saturated carbocycles. The van der Waals surface area contributed by atoms with E-state index in [-0.39, 0.29) is 17.7 Å². The molecule has 0 saturated heterocycles. The Morgan fingerprint density at radius 1 is 1.26 bits per heavy atom. The Balaban J connectivity index is 2.97. The van der Waals surface area contributed by atoms with Gasteiger partial charge in [0, 0.05) is 5.69 Å². The fraction of sp³-hybridized carbons (Fsp3) is 0.500. The highest BCUT2D eigenvalue weighted by molar-refractivity contribution is 5.46. The summed E-state index contributed by atoms with van der Waals surface area (Å²) < 4.78 is 37.8. The van der Waals surface area contributed by atoms with Gasteiger partial charge in [-0.3, -0.25) is 0 Å². The molecule has 1 aromatic carbocycles. The fourth-order valence-corrected chi connectivity index (χ4v) is 1.68. The zero-order chi connectivity index (χ0) is 14.6. The smallest absolute Gasteiger partial charge is 0.399 e. The molecule has 7 heteroatoms. The van der Waals surface area contributed by atoms with Gasteiger partial charge < -0.3 is 21.3 Å². The Labute approximate surface area is 109 Å². The maximum absolute atomic E-state index is 12.6. The third-order valence-electron chi connectivity index (χ3n) is 2.70. The Morgan fingerprint density at radius 2 is 1.89 bits per heavy atom. The quantitative estimate of drug-likeness (QED) is 0.612. The molecule has 0 fully saturated rings. The zero-order valence-electron chi connectivity index (χ0n) is 10.4. The van der Waals surface area contributed by atoms with Crippen molar-refractivity contribution in [2.75, 3.05) is 19.3 Å².